The summed E-state index contributed by atoms with van der Waals surface area (Å²) in [5, 5.41) is 9.13. The van der Waals surface area contributed by atoms with Crippen molar-refractivity contribution in [2.24, 2.45) is 4.99 Å². The van der Waals surface area contributed by atoms with E-state index in [2.05, 4.69) is 40.0 Å². The van der Waals surface area contributed by atoms with Gasteiger partial charge in [0.1, 0.15) is 0 Å². The van der Waals surface area contributed by atoms with Crippen LogP contribution in [-0.4, -0.2) is 31.5 Å². The van der Waals surface area contributed by atoms with Crippen molar-refractivity contribution >= 4 is 23.2 Å². The number of guanidine groups is 1. The van der Waals surface area contributed by atoms with E-state index in [1.807, 2.05) is 6.92 Å². The highest BCUT2D eigenvalue weighted by atomic mass is 32.1. The van der Waals surface area contributed by atoms with Crippen LogP contribution in [0.4, 0.5) is 0 Å². The zero-order valence-electron chi connectivity index (χ0n) is 12.5. The van der Waals surface area contributed by atoms with Crippen molar-refractivity contribution in [1.82, 2.24) is 16.0 Å². The van der Waals surface area contributed by atoms with Gasteiger partial charge in [-0.1, -0.05) is 6.92 Å². The molecule has 1 heterocycles. The van der Waals surface area contributed by atoms with E-state index in [-0.39, 0.29) is 5.91 Å². The lowest BCUT2D eigenvalue weighted by molar-refractivity contribution is -0.118. The molecule has 1 amide bonds. The molecule has 0 radical (unpaired) electrons. The van der Waals surface area contributed by atoms with Crippen molar-refractivity contribution in [3.05, 3.63) is 21.9 Å². The first-order valence-electron chi connectivity index (χ1n) is 6.99. The molecule has 0 aliphatic carbocycles. The fourth-order valence-corrected chi connectivity index (χ4v) is 2.50. The summed E-state index contributed by atoms with van der Waals surface area (Å²) in [6, 6.07) is 4.29. The van der Waals surface area contributed by atoms with Crippen LogP contribution in [0.3, 0.4) is 0 Å². The third-order valence-corrected chi connectivity index (χ3v) is 3.81. The van der Waals surface area contributed by atoms with Crippen LogP contribution >= 0.6 is 11.3 Å². The summed E-state index contributed by atoms with van der Waals surface area (Å²) in [5.74, 6) is 0.767. The van der Waals surface area contributed by atoms with E-state index in [4.69, 9.17) is 0 Å². The maximum absolute atomic E-state index is 10.8. The predicted octanol–water partition coefficient (Wildman–Crippen LogP) is 1.50. The fourth-order valence-electron chi connectivity index (χ4n) is 1.62. The van der Waals surface area contributed by atoms with Gasteiger partial charge in [0, 0.05) is 36.3 Å². The number of carbonyl (C=O) groups excluding carboxylic acids is 1. The van der Waals surface area contributed by atoms with Crippen LogP contribution in [0.15, 0.2) is 17.1 Å². The van der Waals surface area contributed by atoms with Gasteiger partial charge < -0.3 is 16.0 Å². The maximum atomic E-state index is 10.8. The monoisotopic (exact) mass is 296 g/mol. The normalized spacial score (nSPS) is 11.2. The SMILES string of the molecule is CCNC(=NCc1ccc(CC)s1)NCCNC(C)=O. The highest BCUT2D eigenvalue weighted by Crippen LogP contribution is 2.17. The minimum absolute atomic E-state index is 0.0144. The van der Waals surface area contributed by atoms with E-state index in [0.29, 0.717) is 19.6 Å². The molecule has 6 heteroatoms. The van der Waals surface area contributed by atoms with Crippen LogP contribution in [0.1, 0.15) is 30.5 Å². The van der Waals surface area contributed by atoms with E-state index in [1.54, 1.807) is 11.3 Å². The number of hydrogen-bond acceptors (Lipinski definition) is 3. The molecule has 0 aliphatic rings. The lowest BCUT2D eigenvalue weighted by Gasteiger charge is -2.11. The Hall–Kier alpha value is -1.56. The molecule has 0 aromatic carbocycles. The Labute approximate surface area is 124 Å². The molecule has 20 heavy (non-hydrogen) atoms. The van der Waals surface area contributed by atoms with E-state index >= 15 is 0 Å². The third-order valence-electron chi connectivity index (χ3n) is 2.59. The molecule has 0 unspecified atom stereocenters. The number of thiophene rings is 1. The number of aryl methyl sites for hydroxylation is 1. The minimum Gasteiger partial charge on any atom is -0.357 e. The van der Waals surface area contributed by atoms with Crippen molar-refractivity contribution < 1.29 is 4.79 Å². The first-order valence-corrected chi connectivity index (χ1v) is 7.81. The minimum atomic E-state index is -0.0144. The number of carbonyl (C=O) groups is 1. The van der Waals surface area contributed by atoms with Gasteiger partial charge in [-0.25, -0.2) is 4.99 Å². The van der Waals surface area contributed by atoms with Crippen LogP contribution in [-0.2, 0) is 17.8 Å². The molecule has 0 saturated carbocycles. The summed E-state index contributed by atoms with van der Waals surface area (Å²) in [5.41, 5.74) is 0. The quantitative estimate of drug-likeness (QED) is 0.406. The number of hydrogen-bond donors (Lipinski definition) is 3. The summed E-state index contributed by atoms with van der Waals surface area (Å²) < 4.78 is 0. The molecule has 0 atom stereocenters. The summed E-state index contributed by atoms with van der Waals surface area (Å²) in [6.07, 6.45) is 1.07. The molecule has 112 valence electrons. The Balaban J connectivity index is 2.43. The first kappa shape index (κ1) is 16.5. The van der Waals surface area contributed by atoms with E-state index in [1.165, 1.54) is 16.7 Å². The molecule has 1 aromatic rings. The fraction of sp³-hybridized carbons (Fsp3) is 0.571. The number of rotatable bonds is 7. The molecule has 0 saturated heterocycles. The molecule has 0 fully saturated rings. The van der Waals surface area contributed by atoms with Gasteiger partial charge in [0.05, 0.1) is 6.54 Å². The van der Waals surface area contributed by atoms with Crippen LogP contribution in [0, 0.1) is 0 Å². The maximum Gasteiger partial charge on any atom is 0.216 e. The number of nitrogens with one attached hydrogen (secondary N) is 3. The van der Waals surface area contributed by atoms with E-state index < -0.39 is 0 Å². The summed E-state index contributed by atoms with van der Waals surface area (Å²) >= 11 is 1.81. The predicted molar refractivity (Wildman–Crippen MR) is 85.2 cm³/mol. The first-order chi connectivity index (χ1) is 9.65. The third kappa shape index (κ3) is 6.56. The highest BCUT2D eigenvalue weighted by Gasteiger charge is 2.00. The van der Waals surface area contributed by atoms with Gasteiger partial charge in [0.25, 0.3) is 0 Å². The van der Waals surface area contributed by atoms with Gasteiger partial charge in [-0.3, -0.25) is 4.79 Å². The van der Waals surface area contributed by atoms with Crippen LogP contribution < -0.4 is 16.0 Å². The molecule has 3 N–H and O–H groups in total. The topological polar surface area (TPSA) is 65.5 Å². The molecule has 0 aliphatic heterocycles. The standard InChI is InChI=1S/C14H24N4OS/c1-4-12-6-7-13(20-12)10-18-14(15-5-2)17-9-8-16-11(3)19/h6-7H,4-5,8-10H2,1-3H3,(H,16,19)(H2,15,17,18). The zero-order valence-corrected chi connectivity index (χ0v) is 13.3. The molecule has 0 spiro atoms. The molecule has 0 bridgehead atoms. The Morgan fingerprint density at radius 1 is 1.15 bits per heavy atom. The lowest BCUT2D eigenvalue weighted by atomic mass is 10.4. The van der Waals surface area contributed by atoms with Crippen LogP contribution in [0.2, 0.25) is 0 Å². The van der Waals surface area contributed by atoms with E-state index in [9.17, 15) is 4.79 Å². The van der Waals surface area contributed by atoms with Gasteiger partial charge in [-0.2, -0.15) is 0 Å². The average molecular weight is 296 g/mol. The van der Waals surface area contributed by atoms with Crippen molar-refractivity contribution in [3.63, 3.8) is 0 Å². The second kappa shape index (κ2) is 9.36. The zero-order chi connectivity index (χ0) is 14.8. The molecular formula is C14H24N4OS. The second-order valence-corrected chi connectivity index (χ2v) is 5.58. The van der Waals surface area contributed by atoms with Crippen molar-refractivity contribution in [2.75, 3.05) is 19.6 Å². The van der Waals surface area contributed by atoms with Gasteiger partial charge in [-0.15, -0.1) is 11.3 Å². The largest absolute Gasteiger partial charge is 0.357 e. The van der Waals surface area contributed by atoms with E-state index in [0.717, 1.165) is 18.9 Å². The van der Waals surface area contributed by atoms with Crippen molar-refractivity contribution in [2.45, 2.75) is 33.7 Å². The van der Waals surface area contributed by atoms with Crippen LogP contribution in [0.25, 0.3) is 0 Å². The Kier molecular flexibility index (Phi) is 7.72. The Morgan fingerprint density at radius 3 is 2.45 bits per heavy atom. The molecule has 1 aromatic heterocycles. The van der Waals surface area contributed by atoms with Crippen molar-refractivity contribution in [3.8, 4) is 0 Å². The molecule has 1 rings (SSSR count). The smallest absolute Gasteiger partial charge is 0.216 e. The number of amides is 1. The summed E-state index contributed by atoms with van der Waals surface area (Å²) in [4.78, 5) is 18.0. The Bertz CT molecular complexity index is 442. The Morgan fingerprint density at radius 2 is 1.85 bits per heavy atom. The van der Waals surface area contributed by atoms with Crippen LogP contribution in [0.5, 0.6) is 0 Å². The number of nitrogens with zero attached hydrogens (tertiary/aromatic N) is 1. The summed E-state index contributed by atoms with van der Waals surface area (Å²) in [6.45, 7) is 8.46. The van der Waals surface area contributed by atoms with Gasteiger partial charge in [0.2, 0.25) is 5.91 Å². The molecular weight excluding hydrogens is 272 g/mol. The second-order valence-electron chi connectivity index (χ2n) is 4.33. The summed E-state index contributed by atoms with van der Waals surface area (Å²) in [7, 11) is 0. The van der Waals surface area contributed by atoms with Gasteiger partial charge in [0.15, 0.2) is 5.96 Å². The highest BCUT2D eigenvalue weighted by molar-refractivity contribution is 7.11. The lowest BCUT2D eigenvalue weighted by Crippen LogP contribution is -2.41. The average Bonchev–Trinajstić information content (AvgIpc) is 2.88. The van der Waals surface area contributed by atoms with Gasteiger partial charge in [-0.05, 0) is 25.5 Å². The number of aliphatic imine (C=N–C) groups is 1. The van der Waals surface area contributed by atoms with Crippen molar-refractivity contribution in [1.29, 1.82) is 0 Å². The van der Waals surface area contributed by atoms with Gasteiger partial charge >= 0.3 is 0 Å². The molecule has 5 nitrogen and oxygen atoms in total.